The number of nitrogens with one attached hydrogen (secondary N) is 2. The second-order valence-corrected chi connectivity index (χ2v) is 8.14. The fourth-order valence-corrected chi connectivity index (χ4v) is 4.01. The van der Waals surface area contributed by atoms with Crippen LogP contribution >= 0.6 is 0 Å². The number of hydrogen-bond donors (Lipinski definition) is 3. The third-order valence-corrected chi connectivity index (χ3v) is 5.71. The van der Waals surface area contributed by atoms with Crippen LogP contribution in [0.15, 0.2) is 66.7 Å². The van der Waals surface area contributed by atoms with E-state index in [1.54, 1.807) is 24.3 Å². The van der Waals surface area contributed by atoms with Gasteiger partial charge in [-0.1, -0.05) is 61.5 Å². The average Bonchev–Trinajstić information content (AvgIpc) is 2.85. The number of urea groups is 1. The van der Waals surface area contributed by atoms with Crippen LogP contribution in [0.3, 0.4) is 0 Å². The molecule has 0 aliphatic carbocycles. The molecule has 3 rings (SSSR count). The van der Waals surface area contributed by atoms with E-state index >= 15 is 0 Å². The molecule has 0 spiro atoms. The number of carboxylic acid groups (broad SMARTS) is 1. The first-order chi connectivity index (χ1) is 17.1. The minimum atomic E-state index is -4.75. The van der Waals surface area contributed by atoms with Gasteiger partial charge in [-0.2, -0.15) is 13.2 Å². The van der Waals surface area contributed by atoms with Crippen molar-refractivity contribution in [3.8, 4) is 16.9 Å². The summed E-state index contributed by atoms with van der Waals surface area (Å²) in [6.45, 7) is 2.20. The van der Waals surface area contributed by atoms with Gasteiger partial charge in [0.1, 0.15) is 5.75 Å². The molecule has 0 radical (unpaired) electrons. The quantitative estimate of drug-likeness (QED) is 0.338. The Bertz CT molecular complexity index is 1210. The molecule has 0 aromatic heterocycles. The predicted octanol–water partition coefficient (Wildman–Crippen LogP) is 5.96. The largest absolute Gasteiger partial charge is 0.496 e. The van der Waals surface area contributed by atoms with Crippen molar-refractivity contribution in [3.63, 3.8) is 0 Å². The molecule has 0 aliphatic rings. The minimum Gasteiger partial charge on any atom is -0.496 e. The monoisotopic (exact) mass is 500 g/mol. The lowest BCUT2D eigenvalue weighted by molar-refractivity contribution is -0.139. The van der Waals surface area contributed by atoms with Crippen LogP contribution < -0.4 is 15.4 Å². The molecule has 2 amide bonds. The highest BCUT2D eigenvalue weighted by Gasteiger charge is 2.35. The van der Waals surface area contributed by atoms with Crippen LogP contribution in [0.4, 0.5) is 18.0 Å². The molecule has 0 saturated carbocycles. The topological polar surface area (TPSA) is 87.7 Å². The van der Waals surface area contributed by atoms with Crippen LogP contribution in [0.5, 0.6) is 5.75 Å². The summed E-state index contributed by atoms with van der Waals surface area (Å²) in [5.74, 6) is -1.43. The Morgan fingerprint density at radius 1 is 1.00 bits per heavy atom. The fraction of sp³-hybridized carbons (Fsp3) is 0.259. The Morgan fingerprint density at radius 2 is 1.67 bits per heavy atom. The number of halogens is 3. The first-order valence-electron chi connectivity index (χ1n) is 11.3. The summed E-state index contributed by atoms with van der Waals surface area (Å²) < 4.78 is 46.2. The fourth-order valence-electron chi connectivity index (χ4n) is 4.01. The molecule has 0 saturated heterocycles. The van der Waals surface area contributed by atoms with E-state index in [0.717, 1.165) is 11.6 Å². The van der Waals surface area contributed by atoms with E-state index in [1.165, 1.54) is 13.2 Å². The smallest absolute Gasteiger partial charge is 0.416 e. The summed E-state index contributed by atoms with van der Waals surface area (Å²) in [6.07, 6.45) is -5.05. The van der Waals surface area contributed by atoms with Crippen molar-refractivity contribution in [1.29, 1.82) is 0 Å². The van der Waals surface area contributed by atoms with Crippen LogP contribution in [0, 0.1) is 0 Å². The molecule has 3 N–H and O–H groups in total. The van der Waals surface area contributed by atoms with E-state index in [2.05, 4.69) is 10.6 Å². The van der Waals surface area contributed by atoms with E-state index in [0.29, 0.717) is 29.7 Å². The highest BCUT2D eigenvalue weighted by atomic mass is 19.4. The van der Waals surface area contributed by atoms with Crippen LogP contribution in [-0.2, 0) is 23.9 Å². The van der Waals surface area contributed by atoms with Gasteiger partial charge in [0.2, 0.25) is 0 Å². The lowest BCUT2D eigenvalue weighted by atomic mass is 9.90. The molecule has 9 heteroatoms. The molecule has 1 atom stereocenters. The summed E-state index contributed by atoms with van der Waals surface area (Å²) in [7, 11) is 1.26. The number of aliphatic carboxylic acids is 1. The van der Waals surface area contributed by atoms with Crippen molar-refractivity contribution in [2.75, 3.05) is 7.11 Å². The van der Waals surface area contributed by atoms with E-state index in [4.69, 9.17) is 4.74 Å². The van der Waals surface area contributed by atoms with Crippen molar-refractivity contribution in [3.05, 3.63) is 89.0 Å². The summed E-state index contributed by atoms with van der Waals surface area (Å²) >= 11 is 0. The highest BCUT2D eigenvalue weighted by Crippen LogP contribution is 2.42. The average molecular weight is 501 g/mol. The number of amides is 2. The number of hydrogen-bond acceptors (Lipinski definition) is 3. The molecule has 36 heavy (non-hydrogen) atoms. The molecular formula is C27H27F3N2O4. The standard InChI is InChI=1S/C27H27F3N2O4/c1-3-23(32-26(35)31-16-17-9-5-4-6-10-17)20-12-8-7-11-19(20)21-13-18(14-25(33)34)22(27(28,29)30)15-24(21)36-2/h4-13,15,23H,3,14,16H2,1-2H3,(H,33,34)(H2,31,32,35). The number of carbonyl (C=O) groups is 2. The number of alkyl halides is 3. The number of carbonyl (C=O) groups excluding carboxylic acids is 1. The Kier molecular flexibility index (Phi) is 8.58. The summed E-state index contributed by atoms with van der Waals surface area (Å²) in [5, 5.41) is 14.9. The number of methoxy groups -OCH3 is 1. The van der Waals surface area contributed by atoms with Gasteiger partial charge in [0.25, 0.3) is 0 Å². The molecule has 1 unspecified atom stereocenters. The molecule has 0 bridgehead atoms. The summed E-state index contributed by atoms with van der Waals surface area (Å²) in [4.78, 5) is 23.9. The van der Waals surface area contributed by atoms with Gasteiger partial charge >= 0.3 is 18.2 Å². The lowest BCUT2D eigenvalue weighted by Gasteiger charge is -2.23. The Labute approximate surface area is 207 Å². The first-order valence-corrected chi connectivity index (χ1v) is 11.3. The van der Waals surface area contributed by atoms with Gasteiger partial charge in [-0.25, -0.2) is 4.79 Å². The van der Waals surface area contributed by atoms with Crippen molar-refractivity contribution in [1.82, 2.24) is 10.6 Å². The third-order valence-electron chi connectivity index (χ3n) is 5.71. The zero-order valence-corrected chi connectivity index (χ0v) is 19.9. The van der Waals surface area contributed by atoms with Gasteiger partial charge in [0, 0.05) is 12.1 Å². The number of carboxylic acids is 1. The third kappa shape index (κ3) is 6.56. The second-order valence-electron chi connectivity index (χ2n) is 8.14. The Balaban J connectivity index is 1.97. The Morgan fingerprint density at radius 3 is 2.28 bits per heavy atom. The maximum atomic E-state index is 13.6. The summed E-state index contributed by atoms with van der Waals surface area (Å²) in [5.41, 5.74) is 0.999. The van der Waals surface area contributed by atoms with Crippen LogP contribution in [0.1, 0.15) is 41.6 Å². The van der Waals surface area contributed by atoms with E-state index in [1.807, 2.05) is 37.3 Å². The zero-order chi connectivity index (χ0) is 26.3. The van der Waals surface area contributed by atoms with E-state index in [9.17, 15) is 27.9 Å². The van der Waals surface area contributed by atoms with Gasteiger partial charge < -0.3 is 20.5 Å². The molecule has 3 aromatic rings. The van der Waals surface area contributed by atoms with Gasteiger partial charge in [-0.15, -0.1) is 0 Å². The number of ether oxygens (including phenoxy) is 1. The molecule has 6 nitrogen and oxygen atoms in total. The second kappa shape index (κ2) is 11.6. The molecular weight excluding hydrogens is 473 g/mol. The summed E-state index contributed by atoms with van der Waals surface area (Å²) in [6, 6.07) is 17.5. The maximum absolute atomic E-state index is 13.6. The molecule has 3 aromatic carbocycles. The molecule has 190 valence electrons. The van der Waals surface area contributed by atoms with Gasteiger partial charge in [0.15, 0.2) is 0 Å². The van der Waals surface area contributed by atoms with Crippen LogP contribution in [0.2, 0.25) is 0 Å². The van der Waals surface area contributed by atoms with Crippen molar-refractivity contribution in [2.45, 2.75) is 38.5 Å². The van der Waals surface area contributed by atoms with Gasteiger partial charge in [-0.3, -0.25) is 4.79 Å². The van der Waals surface area contributed by atoms with Crippen molar-refractivity contribution >= 4 is 12.0 Å². The maximum Gasteiger partial charge on any atom is 0.416 e. The Hall–Kier alpha value is -4.01. The normalized spacial score (nSPS) is 12.0. The zero-order valence-electron chi connectivity index (χ0n) is 19.9. The van der Waals surface area contributed by atoms with Gasteiger partial charge in [0.05, 0.1) is 25.1 Å². The number of rotatable bonds is 9. The number of benzene rings is 3. The first kappa shape index (κ1) is 26.6. The predicted molar refractivity (Wildman–Crippen MR) is 130 cm³/mol. The van der Waals surface area contributed by atoms with E-state index < -0.39 is 36.2 Å². The van der Waals surface area contributed by atoms with Gasteiger partial charge in [-0.05, 0) is 40.8 Å². The molecule has 0 aliphatic heterocycles. The highest BCUT2D eigenvalue weighted by molar-refractivity contribution is 5.79. The molecule has 0 heterocycles. The minimum absolute atomic E-state index is 0.0488. The van der Waals surface area contributed by atoms with Crippen LogP contribution in [-0.4, -0.2) is 24.2 Å². The van der Waals surface area contributed by atoms with Crippen molar-refractivity contribution in [2.24, 2.45) is 0 Å². The SMILES string of the molecule is CCC(NC(=O)NCc1ccccc1)c1ccccc1-c1cc(CC(=O)O)c(C(F)(F)F)cc1OC. The van der Waals surface area contributed by atoms with Crippen molar-refractivity contribution < 1.29 is 32.6 Å². The van der Waals surface area contributed by atoms with E-state index in [-0.39, 0.29) is 11.3 Å². The van der Waals surface area contributed by atoms with Crippen LogP contribution in [0.25, 0.3) is 11.1 Å². The molecule has 0 fully saturated rings. The lowest BCUT2D eigenvalue weighted by Crippen LogP contribution is -2.37.